The van der Waals surface area contributed by atoms with E-state index in [1.165, 1.54) is 42.5 Å². The van der Waals surface area contributed by atoms with Crippen molar-refractivity contribution in [3.63, 3.8) is 0 Å². The molecular formula is C16H8BrF2NO2. The second-order valence-electron chi connectivity index (χ2n) is 4.52. The van der Waals surface area contributed by atoms with Crippen LogP contribution in [0.4, 0.5) is 8.78 Å². The lowest BCUT2D eigenvalue weighted by atomic mass is 10.2. The van der Waals surface area contributed by atoms with Crippen LogP contribution in [0.25, 0.3) is 6.08 Å². The average Bonchev–Trinajstić information content (AvgIpc) is 2.84. The summed E-state index contributed by atoms with van der Waals surface area (Å²) in [5.74, 6) is -1.45. The molecule has 0 amide bonds. The molecule has 22 heavy (non-hydrogen) atoms. The van der Waals surface area contributed by atoms with Crippen molar-refractivity contribution in [1.29, 1.82) is 0 Å². The zero-order valence-electron chi connectivity index (χ0n) is 11.0. The number of cyclic esters (lactones) is 1. The molecular weight excluding hydrogens is 356 g/mol. The van der Waals surface area contributed by atoms with Gasteiger partial charge in [0.1, 0.15) is 11.6 Å². The van der Waals surface area contributed by atoms with Crippen LogP contribution in [-0.4, -0.2) is 11.9 Å². The summed E-state index contributed by atoms with van der Waals surface area (Å²) in [5, 5.41) is 0. The Morgan fingerprint density at radius 1 is 1.14 bits per heavy atom. The standard InChI is InChI=1S/C16H8BrF2NO2/c17-12-6-9(4-5-13(12)19)7-14-16(21)22-15(20-14)10-2-1-3-11(18)8-10/h1-8H/b14-7-. The first-order valence-electron chi connectivity index (χ1n) is 6.26. The molecule has 3 nitrogen and oxygen atoms in total. The molecule has 0 aromatic heterocycles. The van der Waals surface area contributed by atoms with E-state index in [1.807, 2.05) is 0 Å². The third kappa shape index (κ3) is 2.96. The Balaban J connectivity index is 1.95. The third-order valence-electron chi connectivity index (χ3n) is 2.94. The van der Waals surface area contributed by atoms with Crippen molar-refractivity contribution < 1.29 is 18.3 Å². The number of hydrogen-bond donors (Lipinski definition) is 0. The summed E-state index contributed by atoms with van der Waals surface area (Å²) < 4.78 is 31.7. The number of benzene rings is 2. The number of aliphatic imine (C=N–C) groups is 1. The molecule has 6 heteroatoms. The van der Waals surface area contributed by atoms with E-state index in [4.69, 9.17) is 4.74 Å². The molecule has 0 saturated heterocycles. The first-order chi connectivity index (χ1) is 10.5. The summed E-state index contributed by atoms with van der Waals surface area (Å²) in [4.78, 5) is 15.9. The van der Waals surface area contributed by atoms with Gasteiger partial charge in [0, 0.05) is 5.56 Å². The van der Waals surface area contributed by atoms with Gasteiger partial charge in [0.2, 0.25) is 5.90 Å². The van der Waals surface area contributed by atoms with Crippen LogP contribution in [0.1, 0.15) is 11.1 Å². The van der Waals surface area contributed by atoms with E-state index in [1.54, 1.807) is 6.07 Å². The van der Waals surface area contributed by atoms with Crippen LogP contribution in [0, 0.1) is 11.6 Å². The summed E-state index contributed by atoms with van der Waals surface area (Å²) in [6, 6.07) is 9.90. The topological polar surface area (TPSA) is 38.7 Å². The van der Waals surface area contributed by atoms with Gasteiger partial charge >= 0.3 is 5.97 Å². The lowest BCUT2D eigenvalue weighted by molar-refractivity contribution is -0.129. The van der Waals surface area contributed by atoms with Gasteiger partial charge in [-0.05, 0) is 57.9 Å². The van der Waals surface area contributed by atoms with Crippen molar-refractivity contribution in [2.75, 3.05) is 0 Å². The molecule has 1 aliphatic heterocycles. The highest BCUT2D eigenvalue weighted by molar-refractivity contribution is 9.10. The smallest absolute Gasteiger partial charge is 0.363 e. The maximum atomic E-state index is 13.2. The molecule has 0 N–H and O–H groups in total. The molecule has 0 bridgehead atoms. The van der Waals surface area contributed by atoms with Gasteiger partial charge in [-0.25, -0.2) is 18.6 Å². The first kappa shape index (κ1) is 14.6. The van der Waals surface area contributed by atoms with E-state index in [0.29, 0.717) is 11.1 Å². The second kappa shape index (κ2) is 5.81. The number of hydrogen-bond acceptors (Lipinski definition) is 3. The molecule has 2 aromatic rings. The van der Waals surface area contributed by atoms with Gasteiger partial charge in [-0.2, -0.15) is 0 Å². The number of rotatable bonds is 2. The monoisotopic (exact) mass is 363 g/mol. The Morgan fingerprint density at radius 2 is 1.95 bits per heavy atom. The van der Waals surface area contributed by atoms with Crippen molar-refractivity contribution in [3.8, 4) is 0 Å². The molecule has 0 radical (unpaired) electrons. The van der Waals surface area contributed by atoms with Crippen LogP contribution in [0.5, 0.6) is 0 Å². The first-order valence-corrected chi connectivity index (χ1v) is 7.06. The fourth-order valence-corrected chi connectivity index (χ4v) is 2.31. The molecule has 1 heterocycles. The highest BCUT2D eigenvalue weighted by atomic mass is 79.9. The molecule has 0 atom stereocenters. The molecule has 110 valence electrons. The van der Waals surface area contributed by atoms with E-state index in [9.17, 15) is 13.6 Å². The summed E-state index contributed by atoms with van der Waals surface area (Å²) >= 11 is 3.07. The summed E-state index contributed by atoms with van der Waals surface area (Å²) in [6.45, 7) is 0. The Bertz CT molecular complexity index is 831. The molecule has 0 saturated carbocycles. The van der Waals surface area contributed by atoms with Crippen LogP contribution in [0.2, 0.25) is 0 Å². The van der Waals surface area contributed by atoms with Crippen LogP contribution < -0.4 is 0 Å². The summed E-state index contributed by atoms with van der Waals surface area (Å²) in [6.07, 6.45) is 1.47. The number of carbonyl (C=O) groups excluding carboxylic acids is 1. The Kier molecular flexibility index (Phi) is 3.85. The predicted octanol–water partition coefficient (Wildman–Crippen LogP) is 4.07. The number of esters is 1. The van der Waals surface area contributed by atoms with Crippen LogP contribution in [0.3, 0.4) is 0 Å². The Labute approximate surface area is 133 Å². The average molecular weight is 364 g/mol. The van der Waals surface area contributed by atoms with Gasteiger partial charge < -0.3 is 4.74 Å². The maximum Gasteiger partial charge on any atom is 0.363 e. The van der Waals surface area contributed by atoms with Gasteiger partial charge in [0.15, 0.2) is 5.70 Å². The SMILES string of the molecule is O=C1OC(c2cccc(F)c2)=N/C1=C\c1ccc(F)c(Br)c1. The molecule has 0 unspecified atom stereocenters. The Morgan fingerprint density at radius 3 is 2.68 bits per heavy atom. The molecule has 1 aliphatic rings. The van der Waals surface area contributed by atoms with Crippen LogP contribution in [0.15, 0.2) is 57.6 Å². The normalized spacial score (nSPS) is 15.9. The minimum atomic E-state index is -0.639. The van der Waals surface area contributed by atoms with Crippen molar-refractivity contribution in [2.24, 2.45) is 4.99 Å². The van der Waals surface area contributed by atoms with Crippen molar-refractivity contribution in [2.45, 2.75) is 0 Å². The quantitative estimate of drug-likeness (QED) is 0.595. The zero-order chi connectivity index (χ0) is 15.7. The lowest BCUT2D eigenvalue weighted by Gasteiger charge is -1.98. The van der Waals surface area contributed by atoms with E-state index >= 15 is 0 Å². The lowest BCUT2D eigenvalue weighted by Crippen LogP contribution is -2.05. The van der Waals surface area contributed by atoms with Crippen LogP contribution >= 0.6 is 15.9 Å². The number of carbonyl (C=O) groups is 1. The van der Waals surface area contributed by atoms with Gasteiger partial charge in [0.05, 0.1) is 4.47 Å². The Hall–Kier alpha value is -2.34. The van der Waals surface area contributed by atoms with Crippen LogP contribution in [-0.2, 0) is 9.53 Å². The molecule has 0 fully saturated rings. The molecule has 2 aromatic carbocycles. The van der Waals surface area contributed by atoms with Gasteiger partial charge in [0.25, 0.3) is 0 Å². The summed E-state index contributed by atoms with van der Waals surface area (Å²) in [5.41, 5.74) is 1.03. The van der Waals surface area contributed by atoms with E-state index in [2.05, 4.69) is 20.9 Å². The van der Waals surface area contributed by atoms with Crippen molar-refractivity contribution >= 4 is 33.9 Å². The van der Waals surface area contributed by atoms with Crippen molar-refractivity contribution in [3.05, 3.63) is 75.4 Å². The maximum absolute atomic E-state index is 13.2. The second-order valence-corrected chi connectivity index (χ2v) is 5.37. The van der Waals surface area contributed by atoms with Gasteiger partial charge in [-0.15, -0.1) is 0 Å². The predicted molar refractivity (Wildman–Crippen MR) is 81.1 cm³/mol. The number of nitrogens with zero attached hydrogens (tertiary/aromatic N) is 1. The highest BCUT2D eigenvalue weighted by Gasteiger charge is 2.24. The van der Waals surface area contributed by atoms with Gasteiger partial charge in [-0.1, -0.05) is 12.1 Å². The minimum Gasteiger partial charge on any atom is -0.402 e. The number of ether oxygens (including phenoxy) is 1. The van der Waals surface area contributed by atoms with E-state index in [0.717, 1.165) is 0 Å². The fourth-order valence-electron chi connectivity index (χ4n) is 1.91. The highest BCUT2D eigenvalue weighted by Crippen LogP contribution is 2.22. The van der Waals surface area contributed by atoms with E-state index < -0.39 is 17.6 Å². The third-order valence-corrected chi connectivity index (χ3v) is 3.55. The van der Waals surface area contributed by atoms with Gasteiger partial charge in [-0.3, -0.25) is 0 Å². The number of halogens is 3. The molecule has 0 spiro atoms. The summed E-state index contributed by atoms with van der Waals surface area (Å²) in [7, 11) is 0. The fraction of sp³-hybridized carbons (Fsp3) is 0. The minimum absolute atomic E-state index is 0.0388. The zero-order valence-corrected chi connectivity index (χ0v) is 12.6. The van der Waals surface area contributed by atoms with E-state index in [-0.39, 0.29) is 16.1 Å². The van der Waals surface area contributed by atoms with Crippen molar-refractivity contribution in [1.82, 2.24) is 0 Å². The largest absolute Gasteiger partial charge is 0.402 e. The molecule has 3 rings (SSSR count). The molecule has 0 aliphatic carbocycles.